The fraction of sp³-hybridized carbons (Fsp3) is 0.154. The molecule has 0 radical (unpaired) electrons. The van der Waals surface area contributed by atoms with Gasteiger partial charge in [-0.3, -0.25) is 4.98 Å². The average Bonchev–Trinajstić information content (AvgIpc) is 2.37. The Morgan fingerprint density at radius 3 is 2.72 bits per heavy atom. The van der Waals surface area contributed by atoms with E-state index < -0.39 is 17.7 Å². The molecule has 1 atom stereocenters. The van der Waals surface area contributed by atoms with E-state index in [1.807, 2.05) is 0 Å². The second-order valence-electron chi connectivity index (χ2n) is 3.69. The molecule has 0 fully saturated rings. The quantitative estimate of drug-likeness (QED) is 0.911. The minimum atomic E-state index is -1.33. The smallest absolute Gasteiger partial charge is 0.141 e. The summed E-state index contributed by atoms with van der Waals surface area (Å²) < 4.78 is 31.7. The number of benzene rings is 1. The van der Waals surface area contributed by atoms with Gasteiger partial charge in [-0.2, -0.15) is 0 Å². The molecule has 0 aliphatic carbocycles. The van der Waals surface area contributed by atoms with Crippen molar-refractivity contribution >= 4 is 0 Å². The number of hydrogen-bond acceptors (Lipinski definition) is 3. The van der Waals surface area contributed by atoms with E-state index in [9.17, 15) is 13.9 Å². The monoisotopic (exact) mass is 251 g/mol. The van der Waals surface area contributed by atoms with Crippen molar-refractivity contribution in [2.45, 2.75) is 6.10 Å². The van der Waals surface area contributed by atoms with Crippen LogP contribution in [0.15, 0.2) is 36.7 Å². The lowest BCUT2D eigenvalue weighted by molar-refractivity contribution is 0.208. The maximum atomic E-state index is 13.7. The van der Waals surface area contributed by atoms with Gasteiger partial charge in [-0.15, -0.1) is 0 Å². The topological polar surface area (TPSA) is 42.4 Å². The SMILES string of the molecule is COc1cccc(F)c1C(O)c1cncc(F)c1. The number of rotatable bonds is 3. The molecule has 1 N–H and O–H groups in total. The van der Waals surface area contributed by atoms with Crippen molar-refractivity contribution in [2.24, 2.45) is 0 Å². The molecule has 1 aromatic heterocycles. The summed E-state index contributed by atoms with van der Waals surface area (Å²) >= 11 is 0. The minimum absolute atomic E-state index is 0.0348. The zero-order valence-electron chi connectivity index (χ0n) is 9.60. The summed E-state index contributed by atoms with van der Waals surface area (Å²) in [5.41, 5.74) is 0.130. The number of hydrogen-bond donors (Lipinski definition) is 1. The molecule has 94 valence electrons. The molecule has 0 saturated carbocycles. The molecule has 2 aromatic rings. The Hall–Kier alpha value is -2.01. The Morgan fingerprint density at radius 1 is 1.28 bits per heavy atom. The van der Waals surface area contributed by atoms with E-state index in [1.165, 1.54) is 31.5 Å². The molecule has 0 saturated heterocycles. The van der Waals surface area contributed by atoms with E-state index in [0.717, 1.165) is 12.3 Å². The van der Waals surface area contributed by atoms with Crippen molar-refractivity contribution in [3.8, 4) is 5.75 Å². The number of halogens is 2. The fourth-order valence-corrected chi connectivity index (χ4v) is 1.71. The van der Waals surface area contributed by atoms with Crippen LogP contribution in [-0.4, -0.2) is 17.2 Å². The van der Waals surface area contributed by atoms with Crippen molar-refractivity contribution in [1.29, 1.82) is 0 Å². The highest BCUT2D eigenvalue weighted by Crippen LogP contribution is 2.31. The van der Waals surface area contributed by atoms with Crippen molar-refractivity contribution in [1.82, 2.24) is 4.98 Å². The van der Waals surface area contributed by atoms with Gasteiger partial charge >= 0.3 is 0 Å². The van der Waals surface area contributed by atoms with Crippen LogP contribution in [0.4, 0.5) is 8.78 Å². The summed E-state index contributed by atoms with van der Waals surface area (Å²) in [5.74, 6) is -1.01. The fourth-order valence-electron chi connectivity index (χ4n) is 1.71. The Morgan fingerprint density at radius 2 is 2.06 bits per heavy atom. The first-order valence-electron chi connectivity index (χ1n) is 5.24. The van der Waals surface area contributed by atoms with Crippen LogP contribution >= 0.6 is 0 Å². The van der Waals surface area contributed by atoms with Crippen LogP contribution in [-0.2, 0) is 0 Å². The molecule has 1 unspecified atom stereocenters. The lowest BCUT2D eigenvalue weighted by Gasteiger charge is -2.15. The number of aliphatic hydroxyl groups excluding tert-OH is 1. The molecule has 5 heteroatoms. The Balaban J connectivity index is 2.48. The normalized spacial score (nSPS) is 12.2. The number of aliphatic hydroxyl groups is 1. The van der Waals surface area contributed by atoms with Crippen molar-refractivity contribution in [3.05, 3.63) is 59.4 Å². The first-order chi connectivity index (χ1) is 8.63. The van der Waals surface area contributed by atoms with Crippen LogP contribution in [0.25, 0.3) is 0 Å². The molecule has 1 heterocycles. The first-order valence-corrected chi connectivity index (χ1v) is 5.24. The molecule has 18 heavy (non-hydrogen) atoms. The van der Waals surface area contributed by atoms with Gasteiger partial charge in [0.1, 0.15) is 23.5 Å². The third kappa shape index (κ3) is 2.31. The van der Waals surface area contributed by atoms with Gasteiger partial charge in [0.05, 0.1) is 18.9 Å². The molecule has 0 aliphatic rings. The van der Waals surface area contributed by atoms with Gasteiger partial charge in [-0.25, -0.2) is 8.78 Å². The molecular formula is C13H11F2NO2. The second kappa shape index (κ2) is 5.10. The van der Waals surface area contributed by atoms with E-state index in [4.69, 9.17) is 4.74 Å². The van der Waals surface area contributed by atoms with Gasteiger partial charge in [-0.05, 0) is 18.2 Å². The van der Waals surface area contributed by atoms with Crippen LogP contribution in [0.3, 0.4) is 0 Å². The largest absolute Gasteiger partial charge is 0.496 e. The Bertz CT molecular complexity index is 560. The molecule has 0 aliphatic heterocycles. The zero-order valence-corrected chi connectivity index (χ0v) is 9.60. The van der Waals surface area contributed by atoms with Gasteiger partial charge in [0.15, 0.2) is 0 Å². The number of pyridine rings is 1. The Kier molecular flexibility index (Phi) is 3.53. The van der Waals surface area contributed by atoms with E-state index in [2.05, 4.69) is 4.98 Å². The lowest BCUT2D eigenvalue weighted by Crippen LogP contribution is -2.06. The maximum Gasteiger partial charge on any atom is 0.141 e. The third-order valence-electron chi connectivity index (χ3n) is 2.55. The Labute approximate surface area is 103 Å². The molecule has 0 spiro atoms. The zero-order chi connectivity index (χ0) is 13.1. The van der Waals surface area contributed by atoms with Crippen molar-refractivity contribution in [3.63, 3.8) is 0 Å². The predicted molar refractivity (Wildman–Crippen MR) is 61.2 cm³/mol. The summed E-state index contributed by atoms with van der Waals surface area (Å²) in [6.45, 7) is 0. The third-order valence-corrected chi connectivity index (χ3v) is 2.55. The van der Waals surface area contributed by atoms with Crippen molar-refractivity contribution in [2.75, 3.05) is 7.11 Å². The first kappa shape index (κ1) is 12.4. The number of aromatic nitrogens is 1. The number of methoxy groups -OCH3 is 1. The second-order valence-corrected chi connectivity index (χ2v) is 3.69. The number of nitrogens with zero attached hydrogens (tertiary/aromatic N) is 1. The number of ether oxygens (including phenoxy) is 1. The highest BCUT2D eigenvalue weighted by Gasteiger charge is 2.20. The summed E-state index contributed by atoms with van der Waals surface area (Å²) in [4.78, 5) is 3.62. The van der Waals surface area contributed by atoms with E-state index >= 15 is 0 Å². The molecule has 1 aromatic carbocycles. The van der Waals surface area contributed by atoms with Gasteiger partial charge in [0, 0.05) is 11.8 Å². The standard InChI is InChI=1S/C13H11F2NO2/c1-18-11-4-2-3-10(15)12(11)13(17)8-5-9(14)7-16-6-8/h2-7,13,17H,1H3. The maximum absolute atomic E-state index is 13.7. The predicted octanol–water partition coefficient (Wildman–Crippen LogP) is 2.45. The molecule has 0 bridgehead atoms. The van der Waals surface area contributed by atoms with Gasteiger partial charge in [-0.1, -0.05) is 6.07 Å². The van der Waals surface area contributed by atoms with Gasteiger partial charge in [0.25, 0.3) is 0 Å². The van der Waals surface area contributed by atoms with Crippen molar-refractivity contribution < 1.29 is 18.6 Å². The highest BCUT2D eigenvalue weighted by molar-refractivity contribution is 5.40. The minimum Gasteiger partial charge on any atom is -0.496 e. The van der Waals surface area contributed by atoms with Crippen LogP contribution in [0.2, 0.25) is 0 Å². The van der Waals surface area contributed by atoms with Crippen LogP contribution in [0.1, 0.15) is 17.2 Å². The highest BCUT2D eigenvalue weighted by atomic mass is 19.1. The van der Waals surface area contributed by atoms with E-state index in [0.29, 0.717) is 0 Å². The molecule has 2 rings (SSSR count). The molecular weight excluding hydrogens is 240 g/mol. The molecule has 3 nitrogen and oxygen atoms in total. The summed E-state index contributed by atoms with van der Waals surface area (Å²) in [5, 5.41) is 10.1. The van der Waals surface area contributed by atoms with E-state index in [-0.39, 0.29) is 16.9 Å². The summed E-state index contributed by atoms with van der Waals surface area (Å²) in [6, 6.07) is 5.29. The summed E-state index contributed by atoms with van der Waals surface area (Å²) in [7, 11) is 1.37. The lowest BCUT2D eigenvalue weighted by atomic mass is 10.0. The van der Waals surface area contributed by atoms with Gasteiger partial charge < -0.3 is 9.84 Å². The van der Waals surface area contributed by atoms with E-state index in [1.54, 1.807) is 0 Å². The van der Waals surface area contributed by atoms with Crippen LogP contribution in [0, 0.1) is 11.6 Å². The van der Waals surface area contributed by atoms with Crippen LogP contribution < -0.4 is 4.74 Å². The summed E-state index contributed by atoms with van der Waals surface area (Å²) in [6.07, 6.45) is 0.957. The van der Waals surface area contributed by atoms with Crippen LogP contribution in [0.5, 0.6) is 5.75 Å². The van der Waals surface area contributed by atoms with Gasteiger partial charge in [0.2, 0.25) is 0 Å². The average molecular weight is 251 g/mol. The molecule has 0 amide bonds.